The summed E-state index contributed by atoms with van der Waals surface area (Å²) in [7, 11) is 0. The zero-order valence-electron chi connectivity index (χ0n) is 16.7. The molecule has 0 amide bonds. The molecule has 0 saturated carbocycles. The quantitative estimate of drug-likeness (QED) is 0.422. The molecule has 2 aromatic carbocycles. The predicted octanol–water partition coefficient (Wildman–Crippen LogP) is 6.39. The normalized spacial score (nSPS) is 10.9. The molecule has 1 heterocycles. The molecule has 4 nitrogen and oxygen atoms in total. The van der Waals surface area contributed by atoms with Gasteiger partial charge in [0.2, 0.25) is 0 Å². The van der Waals surface area contributed by atoms with Crippen molar-refractivity contribution in [3.63, 3.8) is 0 Å². The number of carbonyl (C=O) groups is 1. The van der Waals surface area contributed by atoms with Crippen LogP contribution in [0, 0.1) is 20.8 Å². The summed E-state index contributed by atoms with van der Waals surface area (Å²) < 4.78 is 7.61. The number of aromatic carboxylic acids is 1. The lowest BCUT2D eigenvalue weighted by atomic mass is 10.1. The highest BCUT2D eigenvalue weighted by atomic mass is 35.5. The second kappa shape index (κ2) is 9.42. The first kappa shape index (κ1) is 21.3. The van der Waals surface area contributed by atoms with Gasteiger partial charge in [-0.1, -0.05) is 41.1 Å². The van der Waals surface area contributed by atoms with E-state index in [0.29, 0.717) is 19.6 Å². The SMILES string of the molecule is Cc1ccc(Sc2cc(C(=O)O)n(CCCOc3cc(C)c(Cl)c(C)c3)c2)cc1. The van der Waals surface area contributed by atoms with Crippen LogP contribution >= 0.6 is 23.4 Å². The van der Waals surface area contributed by atoms with Crippen LogP contribution < -0.4 is 4.74 Å². The smallest absolute Gasteiger partial charge is 0.352 e. The van der Waals surface area contributed by atoms with E-state index >= 15 is 0 Å². The zero-order valence-corrected chi connectivity index (χ0v) is 18.3. The molecule has 0 bridgehead atoms. The van der Waals surface area contributed by atoms with Crippen LogP contribution in [0.25, 0.3) is 0 Å². The number of ether oxygens (including phenoxy) is 1. The molecule has 152 valence electrons. The van der Waals surface area contributed by atoms with Crippen LogP contribution in [0.2, 0.25) is 5.02 Å². The molecule has 0 atom stereocenters. The molecule has 6 heteroatoms. The number of aromatic nitrogens is 1. The third-order valence-corrected chi connectivity index (χ3v) is 6.13. The summed E-state index contributed by atoms with van der Waals surface area (Å²) in [4.78, 5) is 13.6. The predicted molar refractivity (Wildman–Crippen MR) is 118 cm³/mol. The molecule has 3 rings (SSSR count). The summed E-state index contributed by atoms with van der Waals surface area (Å²) in [6, 6.07) is 13.8. The van der Waals surface area contributed by atoms with Gasteiger partial charge in [0, 0.05) is 27.6 Å². The summed E-state index contributed by atoms with van der Waals surface area (Å²) in [5, 5.41) is 10.3. The summed E-state index contributed by atoms with van der Waals surface area (Å²) in [6.07, 6.45) is 2.59. The van der Waals surface area contributed by atoms with E-state index < -0.39 is 5.97 Å². The van der Waals surface area contributed by atoms with Gasteiger partial charge in [0.25, 0.3) is 0 Å². The third kappa shape index (κ3) is 5.58. The first-order valence-electron chi connectivity index (χ1n) is 9.41. The Hall–Kier alpha value is -2.37. The van der Waals surface area contributed by atoms with Crippen LogP contribution in [-0.2, 0) is 6.54 Å². The van der Waals surface area contributed by atoms with Crippen molar-refractivity contribution < 1.29 is 14.6 Å². The Balaban J connectivity index is 1.62. The topological polar surface area (TPSA) is 51.5 Å². The van der Waals surface area contributed by atoms with Gasteiger partial charge in [-0.05, 0) is 68.7 Å². The molecular weight excluding hydrogens is 406 g/mol. The highest BCUT2D eigenvalue weighted by Crippen LogP contribution is 2.30. The molecule has 0 aliphatic heterocycles. The molecule has 1 N–H and O–H groups in total. The lowest BCUT2D eigenvalue weighted by Gasteiger charge is -2.11. The Bertz CT molecular complexity index is 988. The van der Waals surface area contributed by atoms with Gasteiger partial charge < -0.3 is 14.4 Å². The second-order valence-corrected chi connectivity index (χ2v) is 8.57. The highest BCUT2D eigenvalue weighted by molar-refractivity contribution is 7.99. The molecule has 1 aromatic heterocycles. The van der Waals surface area contributed by atoms with Gasteiger partial charge in [0.05, 0.1) is 6.61 Å². The van der Waals surface area contributed by atoms with E-state index in [1.165, 1.54) is 5.56 Å². The number of halogens is 1. The van der Waals surface area contributed by atoms with Crippen molar-refractivity contribution in [1.82, 2.24) is 4.57 Å². The Kier molecular flexibility index (Phi) is 6.93. The summed E-state index contributed by atoms with van der Waals surface area (Å²) in [5.41, 5.74) is 3.46. The van der Waals surface area contributed by atoms with Crippen LogP contribution in [0.15, 0.2) is 58.5 Å². The van der Waals surface area contributed by atoms with Gasteiger partial charge in [0.15, 0.2) is 0 Å². The van der Waals surface area contributed by atoms with Crippen molar-refractivity contribution in [1.29, 1.82) is 0 Å². The molecule has 0 spiro atoms. The maximum Gasteiger partial charge on any atom is 0.352 e. The molecule has 0 saturated heterocycles. The van der Waals surface area contributed by atoms with Gasteiger partial charge in [-0.2, -0.15) is 0 Å². The number of aryl methyl sites for hydroxylation is 4. The molecule has 29 heavy (non-hydrogen) atoms. The Morgan fingerprint density at radius 3 is 2.34 bits per heavy atom. The molecule has 0 aliphatic rings. The molecule has 0 radical (unpaired) electrons. The number of hydrogen-bond acceptors (Lipinski definition) is 3. The van der Waals surface area contributed by atoms with Gasteiger partial charge in [-0.3, -0.25) is 0 Å². The maximum atomic E-state index is 11.6. The minimum atomic E-state index is -0.925. The lowest BCUT2D eigenvalue weighted by molar-refractivity contribution is 0.0684. The first-order chi connectivity index (χ1) is 13.8. The van der Waals surface area contributed by atoms with Crippen LogP contribution in [0.5, 0.6) is 5.75 Å². The van der Waals surface area contributed by atoms with Crippen molar-refractivity contribution in [2.75, 3.05) is 6.61 Å². The molecule has 3 aromatic rings. The van der Waals surface area contributed by atoms with Crippen molar-refractivity contribution in [2.24, 2.45) is 0 Å². The van der Waals surface area contributed by atoms with Crippen LogP contribution in [0.1, 0.15) is 33.6 Å². The number of hydrogen-bond donors (Lipinski definition) is 1. The fraction of sp³-hybridized carbons (Fsp3) is 0.261. The fourth-order valence-corrected chi connectivity index (χ4v) is 4.06. The van der Waals surface area contributed by atoms with E-state index in [-0.39, 0.29) is 5.69 Å². The summed E-state index contributed by atoms with van der Waals surface area (Å²) in [5.74, 6) is -0.142. The van der Waals surface area contributed by atoms with Gasteiger partial charge >= 0.3 is 5.97 Å². The van der Waals surface area contributed by atoms with Crippen molar-refractivity contribution >= 4 is 29.3 Å². The molecular formula is C23H24ClNO3S. The van der Waals surface area contributed by atoms with E-state index in [4.69, 9.17) is 16.3 Å². The number of carboxylic acids is 1. The van der Waals surface area contributed by atoms with Crippen molar-refractivity contribution in [3.05, 3.63) is 76.1 Å². The Morgan fingerprint density at radius 2 is 1.72 bits per heavy atom. The van der Waals surface area contributed by atoms with Crippen LogP contribution in [0.3, 0.4) is 0 Å². The highest BCUT2D eigenvalue weighted by Gasteiger charge is 2.13. The van der Waals surface area contributed by atoms with Crippen LogP contribution in [0.4, 0.5) is 0 Å². The average Bonchev–Trinajstić information content (AvgIpc) is 3.08. The monoisotopic (exact) mass is 429 g/mol. The summed E-state index contributed by atoms with van der Waals surface area (Å²) >= 11 is 7.75. The van der Waals surface area contributed by atoms with Gasteiger partial charge in [-0.15, -0.1) is 0 Å². The minimum Gasteiger partial charge on any atom is -0.494 e. The first-order valence-corrected chi connectivity index (χ1v) is 10.6. The van der Waals surface area contributed by atoms with Gasteiger partial charge in [-0.25, -0.2) is 4.79 Å². The molecule has 0 unspecified atom stereocenters. The van der Waals surface area contributed by atoms with E-state index in [0.717, 1.165) is 31.7 Å². The minimum absolute atomic E-state index is 0.290. The third-order valence-electron chi connectivity index (χ3n) is 4.57. The van der Waals surface area contributed by atoms with Crippen molar-refractivity contribution in [3.8, 4) is 5.75 Å². The van der Waals surface area contributed by atoms with E-state index in [1.54, 1.807) is 22.4 Å². The number of carboxylic acid groups (broad SMARTS) is 1. The second-order valence-electron chi connectivity index (χ2n) is 7.05. The number of benzene rings is 2. The maximum absolute atomic E-state index is 11.6. The Labute approximate surface area is 180 Å². The fourth-order valence-electron chi connectivity index (χ4n) is 3.06. The molecule has 0 aliphatic carbocycles. The lowest BCUT2D eigenvalue weighted by Crippen LogP contribution is -2.10. The standard InChI is InChI=1S/C23H24ClNO3S/c1-15-5-7-19(8-6-15)29-20-13-21(23(26)27)25(14-20)9-4-10-28-18-11-16(2)22(24)17(3)12-18/h5-8,11-14H,4,9-10H2,1-3H3,(H,26,27). The average molecular weight is 430 g/mol. The molecule has 0 fully saturated rings. The van der Waals surface area contributed by atoms with Crippen LogP contribution in [-0.4, -0.2) is 22.2 Å². The van der Waals surface area contributed by atoms with Crippen molar-refractivity contribution in [2.45, 2.75) is 43.5 Å². The van der Waals surface area contributed by atoms with Gasteiger partial charge in [0.1, 0.15) is 11.4 Å². The van der Waals surface area contributed by atoms with E-state index in [1.807, 2.05) is 51.2 Å². The summed E-state index contributed by atoms with van der Waals surface area (Å²) in [6.45, 7) is 7.02. The number of rotatable bonds is 8. The Morgan fingerprint density at radius 1 is 1.07 bits per heavy atom. The van der Waals surface area contributed by atoms with E-state index in [9.17, 15) is 9.90 Å². The largest absolute Gasteiger partial charge is 0.494 e. The number of nitrogens with zero attached hydrogens (tertiary/aromatic N) is 1. The zero-order chi connectivity index (χ0) is 21.0. The van der Waals surface area contributed by atoms with E-state index in [2.05, 4.69) is 12.1 Å².